The second kappa shape index (κ2) is 6.34. The molecule has 1 amide bonds. The predicted molar refractivity (Wildman–Crippen MR) is 96.3 cm³/mol. The fourth-order valence-corrected chi connectivity index (χ4v) is 3.85. The third-order valence-corrected chi connectivity index (χ3v) is 4.74. The predicted octanol–water partition coefficient (Wildman–Crippen LogP) is 4.00. The minimum Gasteiger partial charge on any atom is -0.319 e. The molecule has 0 spiro atoms. The normalized spacial score (nSPS) is 12.4. The van der Waals surface area contributed by atoms with Crippen molar-refractivity contribution in [2.24, 2.45) is 12.0 Å². The minimum absolute atomic E-state index is 0.245. The van der Waals surface area contributed by atoms with Gasteiger partial charge in [-0.25, -0.2) is 0 Å². The van der Waals surface area contributed by atoms with Crippen molar-refractivity contribution >= 4 is 33.5 Å². The SMILES string of the molecule is Cc1cc(C)c2c(c1)sc(=NC(=O)C=Cc1ccccc1)n2C. The third-order valence-electron chi connectivity index (χ3n) is 3.66. The number of aromatic nitrogens is 1. The maximum Gasteiger partial charge on any atom is 0.272 e. The van der Waals surface area contributed by atoms with E-state index >= 15 is 0 Å². The molecule has 0 bridgehead atoms. The first-order valence-corrected chi connectivity index (χ1v) is 8.25. The van der Waals surface area contributed by atoms with Gasteiger partial charge in [0.1, 0.15) is 0 Å². The smallest absolute Gasteiger partial charge is 0.272 e. The Balaban J connectivity index is 1.98. The van der Waals surface area contributed by atoms with Crippen LogP contribution in [0.1, 0.15) is 16.7 Å². The second-order valence-corrected chi connectivity index (χ2v) is 6.58. The maximum absolute atomic E-state index is 12.1. The Morgan fingerprint density at radius 2 is 1.91 bits per heavy atom. The lowest BCUT2D eigenvalue weighted by Crippen LogP contribution is -2.12. The van der Waals surface area contributed by atoms with Crippen LogP contribution in [0.25, 0.3) is 16.3 Å². The van der Waals surface area contributed by atoms with Crippen molar-refractivity contribution in [2.75, 3.05) is 0 Å². The molecule has 23 heavy (non-hydrogen) atoms. The zero-order valence-corrected chi connectivity index (χ0v) is 14.2. The van der Waals surface area contributed by atoms with Gasteiger partial charge in [0.25, 0.3) is 5.91 Å². The number of hydrogen-bond donors (Lipinski definition) is 0. The summed E-state index contributed by atoms with van der Waals surface area (Å²) in [5, 5.41) is 0. The van der Waals surface area contributed by atoms with E-state index in [1.807, 2.05) is 41.9 Å². The average molecular weight is 322 g/mol. The van der Waals surface area contributed by atoms with Gasteiger partial charge in [-0.1, -0.05) is 47.7 Å². The molecule has 1 aromatic heterocycles. The highest BCUT2D eigenvalue weighted by molar-refractivity contribution is 7.16. The van der Waals surface area contributed by atoms with E-state index in [9.17, 15) is 4.79 Å². The fourth-order valence-electron chi connectivity index (χ4n) is 2.65. The van der Waals surface area contributed by atoms with E-state index in [2.05, 4.69) is 31.0 Å². The molecule has 0 atom stereocenters. The largest absolute Gasteiger partial charge is 0.319 e. The Morgan fingerprint density at radius 1 is 1.17 bits per heavy atom. The van der Waals surface area contributed by atoms with Crippen molar-refractivity contribution < 1.29 is 4.79 Å². The molecule has 116 valence electrons. The lowest BCUT2D eigenvalue weighted by atomic mass is 10.1. The van der Waals surface area contributed by atoms with E-state index < -0.39 is 0 Å². The Hall–Kier alpha value is -2.46. The zero-order chi connectivity index (χ0) is 16.4. The molecule has 0 aliphatic heterocycles. The summed E-state index contributed by atoms with van der Waals surface area (Å²) < 4.78 is 3.15. The monoisotopic (exact) mass is 322 g/mol. The van der Waals surface area contributed by atoms with E-state index in [0.717, 1.165) is 20.6 Å². The summed E-state index contributed by atoms with van der Waals surface area (Å²) in [5.41, 5.74) is 4.55. The number of fused-ring (bicyclic) bond motifs is 1. The highest BCUT2D eigenvalue weighted by atomic mass is 32.1. The molecule has 0 aliphatic rings. The summed E-state index contributed by atoms with van der Waals surface area (Å²) in [4.78, 5) is 17.1. The Bertz CT molecular complexity index is 962. The molecule has 0 N–H and O–H groups in total. The molecule has 3 nitrogen and oxygen atoms in total. The van der Waals surface area contributed by atoms with Crippen molar-refractivity contribution in [1.82, 2.24) is 4.57 Å². The van der Waals surface area contributed by atoms with Gasteiger partial charge in [0.05, 0.1) is 10.2 Å². The molecule has 3 rings (SSSR count). The van der Waals surface area contributed by atoms with Crippen LogP contribution in [-0.2, 0) is 11.8 Å². The molecule has 0 fully saturated rings. The highest BCUT2D eigenvalue weighted by Crippen LogP contribution is 2.22. The lowest BCUT2D eigenvalue weighted by Gasteiger charge is -2.01. The topological polar surface area (TPSA) is 34.4 Å². The number of nitrogens with zero attached hydrogens (tertiary/aromatic N) is 2. The molecular formula is C19H18N2OS. The molecule has 0 unspecified atom stereocenters. The van der Waals surface area contributed by atoms with Crippen LogP contribution in [0.2, 0.25) is 0 Å². The van der Waals surface area contributed by atoms with Crippen molar-refractivity contribution in [3.8, 4) is 0 Å². The summed E-state index contributed by atoms with van der Waals surface area (Å²) in [7, 11) is 1.95. The first-order valence-electron chi connectivity index (χ1n) is 7.43. The number of aryl methyl sites for hydroxylation is 3. The van der Waals surface area contributed by atoms with Crippen LogP contribution in [0.4, 0.5) is 0 Å². The van der Waals surface area contributed by atoms with Crippen LogP contribution < -0.4 is 4.80 Å². The third kappa shape index (κ3) is 3.32. The first kappa shape index (κ1) is 15.4. The standard InChI is InChI=1S/C19H18N2OS/c1-13-11-14(2)18-16(12-13)23-19(21(18)3)20-17(22)10-9-15-7-5-4-6-8-15/h4-12H,1-3H3. The molecule has 0 radical (unpaired) electrons. The van der Waals surface area contributed by atoms with Crippen LogP contribution in [0.5, 0.6) is 0 Å². The zero-order valence-electron chi connectivity index (χ0n) is 13.4. The van der Waals surface area contributed by atoms with Gasteiger partial charge in [0, 0.05) is 13.1 Å². The number of carbonyl (C=O) groups excluding carboxylic acids is 1. The number of thiazole rings is 1. The van der Waals surface area contributed by atoms with Crippen molar-refractivity contribution in [3.63, 3.8) is 0 Å². The van der Waals surface area contributed by atoms with E-state index in [4.69, 9.17) is 0 Å². The van der Waals surface area contributed by atoms with Gasteiger partial charge in [0.2, 0.25) is 0 Å². The van der Waals surface area contributed by atoms with Crippen molar-refractivity contribution in [2.45, 2.75) is 13.8 Å². The van der Waals surface area contributed by atoms with E-state index in [1.54, 1.807) is 17.4 Å². The summed E-state index contributed by atoms with van der Waals surface area (Å²) in [6.45, 7) is 4.17. The molecule has 2 aromatic carbocycles. The number of amides is 1. The Morgan fingerprint density at radius 3 is 2.65 bits per heavy atom. The molecule has 1 heterocycles. The maximum atomic E-state index is 12.1. The minimum atomic E-state index is -0.245. The van der Waals surface area contributed by atoms with Gasteiger partial charge < -0.3 is 4.57 Å². The molecular weight excluding hydrogens is 304 g/mol. The van der Waals surface area contributed by atoms with Gasteiger partial charge in [-0.15, -0.1) is 0 Å². The van der Waals surface area contributed by atoms with Gasteiger partial charge >= 0.3 is 0 Å². The molecule has 3 aromatic rings. The highest BCUT2D eigenvalue weighted by Gasteiger charge is 2.07. The summed E-state index contributed by atoms with van der Waals surface area (Å²) in [6, 6.07) is 14.0. The lowest BCUT2D eigenvalue weighted by molar-refractivity contribution is -0.113. The fraction of sp³-hybridized carbons (Fsp3) is 0.158. The van der Waals surface area contributed by atoms with E-state index in [1.165, 1.54) is 17.2 Å². The average Bonchev–Trinajstić information content (AvgIpc) is 2.82. The molecule has 0 aliphatic carbocycles. The number of carbonyl (C=O) groups is 1. The number of benzene rings is 2. The van der Waals surface area contributed by atoms with Crippen LogP contribution >= 0.6 is 11.3 Å². The van der Waals surface area contributed by atoms with Gasteiger partial charge in [0.15, 0.2) is 4.80 Å². The number of rotatable bonds is 2. The van der Waals surface area contributed by atoms with Gasteiger partial charge in [-0.3, -0.25) is 4.79 Å². The van der Waals surface area contributed by atoms with Gasteiger partial charge in [-0.05, 0) is 42.7 Å². The van der Waals surface area contributed by atoms with E-state index in [0.29, 0.717) is 0 Å². The Labute approximate surface area is 139 Å². The van der Waals surface area contributed by atoms with Crippen LogP contribution in [0, 0.1) is 13.8 Å². The quantitative estimate of drug-likeness (QED) is 0.657. The van der Waals surface area contributed by atoms with Crippen LogP contribution in [0.3, 0.4) is 0 Å². The second-order valence-electron chi connectivity index (χ2n) is 5.57. The van der Waals surface area contributed by atoms with E-state index in [-0.39, 0.29) is 5.91 Å². The molecule has 0 saturated heterocycles. The van der Waals surface area contributed by atoms with Crippen molar-refractivity contribution in [1.29, 1.82) is 0 Å². The van der Waals surface area contributed by atoms with Crippen LogP contribution in [0.15, 0.2) is 53.5 Å². The summed E-state index contributed by atoms with van der Waals surface area (Å²) >= 11 is 1.54. The van der Waals surface area contributed by atoms with Gasteiger partial charge in [-0.2, -0.15) is 4.99 Å². The van der Waals surface area contributed by atoms with Crippen LogP contribution in [-0.4, -0.2) is 10.5 Å². The molecule has 4 heteroatoms. The Kier molecular flexibility index (Phi) is 4.26. The summed E-state index contributed by atoms with van der Waals surface area (Å²) in [6.07, 6.45) is 3.30. The summed E-state index contributed by atoms with van der Waals surface area (Å²) in [5.74, 6) is -0.245. The molecule has 0 saturated carbocycles. The first-order chi connectivity index (χ1) is 11.0. The number of hydrogen-bond acceptors (Lipinski definition) is 2. The van der Waals surface area contributed by atoms with Crippen molar-refractivity contribution in [3.05, 3.63) is 70.0 Å².